The van der Waals surface area contributed by atoms with Crippen molar-refractivity contribution in [3.05, 3.63) is 22.3 Å². The van der Waals surface area contributed by atoms with Gasteiger partial charge in [0.2, 0.25) is 6.29 Å². The number of carbonyl (C=O) groups excluding carboxylic acids is 5. The molecule has 15 heteroatoms. The summed E-state index contributed by atoms with van der Waals surface area (Å²) in [5.41, 5.74) is 5.23. The SMILES string of the molecule is CCOC(=O)C1=C(C(=O)OC(C)OC(C)=O)N2C(=O)[C@@H](NC(=O)/C(=N\OC)c3csc(N)n3)C2CC1. The minimum Gasteiger partial charge on any atom is -0.463 e. The Kier molecular flexibility index (Phi) is 8.24. The van der Waals surface area contributed by atoms with Crippen LogP contribution in [0.4, 0.5) is 5.13 Å². The standard InChI is InChI=1S/C21H25N5O9S/c1-5-33-19(30)11-6-7-13-15(24-17(28)14(25-32-4)12-8-36-21(22)23-12)18(29)26(13)16(11)20(31)35-10(3)34-9(2)27/h8,10,13,15H,5-7H2,1-4H3,(H2,22,23)(H,24,28)/b25-14-/t10?,13?,15-/m0/s1. The summed E-state index contributed by atoms with van der Waals surface area (Å²) >= 11 is 1.09. The topological polar surface area (TPSA) is 189 Å². The van der Waals surface area contributed by atoms with Crippen molar-refractivity contribution < 1.29 is 43.0 Å². The molecule has 1 fully saturated rings. The lowest BCUT2D eigenvalue weighted by molar-refractivity contribution is -0.184. The molecule has 194 valence electrons. The van der Waals surface area contributed by atoms with E-state index in [9.17, 15) is 24.0 Å². The van der Waals surface area contributed by atoms with E-state index < -0.39 is 48.1 Å². The molecule has 0 spiro atoms. The Morgan fingerprint density at radius 1 is 1.31 bits per heavy atom. The molecule has 1 aromatic rings. The molecule has 2 unspecified atom stereocenters. The molecule has 1 aromatic heterocycles. The quantitative estimate of drug-likeness (QED) is 0.144. The van der Waals surface area contributed by atoms with Gasteiger partial charge < -0.3 is 30.1 Å². The molecule has 14 nitrogen and oxygen atoms in total. The van der Waals surface area contributed by atoms with E-state index in [-0.39, 0.29) is 47.3 Å². The monoisotopic (exact) mass is 523 g/mol. The number of nitrogens with zero attached hydrogens (tertiary/aromatic N) is 3. The summed E-state index contributed by atoms with van der Waals surface area (Å²) in [4.78, 5) is 72.4. The fraction of sp³-hybridized carbons (Fsp3) is 0.476. The summed E-state index contributed by atoms with van der Waals surface area (Å²) in [6.45, 7) is 4.10. The third-order valence-corrected chi connectivity index (χ3v) is 5.88. The molecule has 36 heavy (non-hydrogen) atoms. The number of hydrogen-bond donors (Lipinski definition) is 2. The number of thiazole rings is 1. The van der Waals surface area contributed by atoms with Crippen molar-refractivity contribution in [1.82, 2.24) is 15.2 Å². The van der Waals surface area contributed by atoms with Gasteiger partial charge in [-0.2, -0.15) is 0 Å². The van der Waals surface area contributed by atoms with Crippen LogP contribution in [-0.2, 0) is 43.0 Å². The number of nitrogen functional groups attached to an aromatic ring is 1. The number of aromatic nitrogens is 1. The van der Waals surface area contributed by atoms with Crippen molar-refractivity contribution in [1.29, 1.82) is 0 Å². The van der Waals surface area contributed by atoms with Crippen molar-refractivity contribution in [2.75, 3.05) is 19.5 Å². The number of nitrogens with two attached hydrogens (primary N) is 1. The molecule has 0 bridgehead atoms. The number of esters is 3. The Morgan fingerprint density at radius 2 is 2.03 bits per heavy atom. The fourth-order valence-corrected chi connectivity index (χ4v) is 4.38. The average Bonchev–Trinajstić information content (AvgIpc) is 3.24. The van der Waals surface area contributed by atoms with Crippen LogP contribution in [0.25, 0.3) is 0 Å². The van der Waals surface area contributed by atoms with Gasteiger partial charge in [-0.05, 0) is 19.8 Å². The number of anilines is 1. The zero-order valence-corrected chi connectivity index (χ0v) is 20.7. The maximum absolute atomic E-state index is 13.1. The van der Waals surface area contributed by atoms with Gasteiger partial charge in [-0.1, -0.05) is 5.16 Å². The second-order valence-electron chi connectivity index (χ2n) is 7.59. The first kappa shape index (κ1) is 26.6. The van der Waals surface area contributed by atoms with Gasteiger partial charge in [0.05, 0.1) is 18.2 Å². The molecular formula is C21H25N5O9S. The highest BCUT2D eigenvalue weighted by Crippen LogP contribution is 2.38. The van der Waals surface area contributed by atoms with Crippen molar-refractivity contribution >= 4 is 51.9 Å². The smallest absolute Gasteiger partial charge is 0.358 e. The Balaban J connectivity index is 1.84. The lowest BCUT2D eigenvalue weighted by Gasteiger charge is -2.50. The third-order valence-electron chi connectivity index (χ3n) is 5.21. The minimum absolute atomic E-state index is 0.0489. The highest BCUT2D eigenvalue weighted by atomic mass is 32.1. The summed E-state index contributed by atoms with van der Waals surface area (Å²) in [6, 6.07) is -1.68. The molecule has 2 amide bonds. The van der Waals surface area contributed by atoms with Crippen LogP contribution in [0.2, 0.25) is 0 Å². The van der Waals surface area contributed by atoms with Crippen LogP contribution in [0.1, 0.15) is 39.3 Å². The molecule has 0 aliphatic carbocycles. The highest BCUT2D eigenvalue weighted by molar-refractivity contribution is 7.13. The molecule has 3 heterocycles. The van der Waals surface area contributed by atoms with Gasteiger partial charge in [-0.3, -0.25) is 19.3 Å². The van der Waals surface area contributed by atoms with E-state index in [0.29, 0.717) is 0 Å². The molecule has 1 saturated heterocycles. The van der Waals surface area contributed by atoms with Crippen LogP contribution >= 0.6 is 11.3 Å². The number of β-lactam (4-membered cyclic amide) rings is 1. The number of nitrogens with one attached hydrogen (secondary N) is 1. The highest BCUT2D eigenvalue weighted by Gasteiger charge is 2.55. The van der Waals surface area contributed by atoms with Crippen molar-refractivity contribution in [3.63, 3.8) is 0 Å². The van der Waals surface area contributed by atoms with Crippen LogP contribution in [0.15, 0.2) is 21.8 Å². The van der Waals surface area contributed by atoms with Crippen LogP contribution < -0.4 is 11.1 Å². The molecule has 3 N–H and O–H groups in total. The second kappa shape index (κ2) is 11.2. The number of ether oxygens (including phenoxy) is 3. The first-order valence-electron chi connectivity index (χ1n) is 10.8. The zero-order valence-electron chi connectivity index (χ0n) is 19.9. The van der Waals surface area contributed by atoms with E-state index in [1.807, 2.05) is 0 Å². The third kappa shape index (κ3) is 5.45. The number of oxime groups is 1. The average molecular weight is 524 g/mol. The van der Waals surface area contributed by atoms with Crippen molar-refractivity contribution in [2.45, 2.75) is 52.0 Å². The van der Waals surface area contributed by atoms with E-state index >= 15 is 0 Å². The summed E-state index contributed by atoms with van der Waals surface area (Å²) in [5, 5.41) is 7.98. The van der Waals surface area contributed by atoms with E-state index in [4.69, 9.17) is 24.8 Å². The summed E-state index contributed by atoms with van der Waals surface area (Å²) in [6.07, 6.45) is -0.939. The molecule has 3 atom stereocenters. The Morgan fingerprint density at radius 3 is 2.61 bits per heavy atom. The van der Waals surface area contributed by atoms with Crippen molar-refractivity contribution in [3.8, 4) is 0 Å². The molecule has 2 aliphatic heterocycles. The second-order valence-corrected chi connectivity index (χ2v) is 8.48. The van der Waals surface area contributed by atoms with Gasteiger partial charge in [0, 0.05) is 19.2 Å². The number of amides is 2. The predicted octanol–water partition coefficient (Wildman–Crippen LogP) is -0.165. The largest absolute Gasteiger partial charge is 0.463 e. The maximum atomic E-state index is 13.1. The zero-order chi connectivity index (χ0) is 26.6. The lowest BCUT2D eigenvalue weighted by atomic mass is 9.83. The van der Waals surface area contributed by atoms with Gasteiger partial charge in [-0.25, -0.2) is 14.6 Å². The summed E-state index contributed by atoms with van der Waals surface area (Å²) in [7, 11) is 1.25. The van der Waals surface area contributed by atoms with E-state index in [1.54, 1.807) is 6.92 Å². The van der Waals surface area contributed by atoms with Crippen LogP contribution in [0, 0.1) is 0 Å². The van der Waals surface area contributed by atoms with E-state index in [2.05, 4.69) is 15.5 Å². The minimum atomic E-state index is -1.27. The molecule has 0 aromatic carbocycles. The molecule has 0 saturated carbocycles. The predicted molar refractivity (Wildman–Crippen MR) is 123 cm³/mol. The van der Waals surface area contributed by atoms with Gasteiger partial charge in [0.15, 0.2) is 10.8 Å². The fourth-order valence-electron chi connectivity index (χ4n) is 3.84. The lowest BCUT2D eigenvalue weighted by Crippen LogP contribution is -2.72. The molecule has 2 aliphatic rings. The van der Waals surface area contributed by atoms with Gasteiger partial charge in [-0.15, -0.1) is 11.3 Å². The Bertz CT molecular complexity index is 1140. The van der Waals surface area contributed by atoms with Crippen LogP contribution in [0.3, 0.4) is 0 Å². The number of fused-ring (bicyclic) bond motifs is 1. The first-order chi connectivity index (χ1) is 17.1. The van der Waals surface area contributed by atoms with Crippen LogP contribution in [0.5, 0.6) is 0 Å². The number of rotatable bonds is 9. The van der Waals surface area contributed by atoms with Gasteiger partial charge in [0.25, 0.3) is 11.8 Å². The Hall–Kier alpha value is -4.01. The first-order valence-corrected chi connectivity index (χ1v) is 11.7. The number of hydrogen-bond acceptors (Lipinski definition) is 13. The van der Waals surface area contributed by atoms with E-state index in [0.717, 1.165) is 23.2 Å². The Labute approximate surface area is 209 Å². The normalized spacial score (nSPS) is 20.1. The maximum Gasteiger partial charge on any atom is 0.358 e. The van der Waals surface area contributed by atoms with Crippen molar-refractivity contribution in [2.24, 2.45) is 5.16 Å². The van der Waals surface area contributed by atoms with Crippen LogP contribution in [-0.4, -0.2) is 77.4 Å². The molecular weight excluding hydrogens is 498 g/mol. The van der Waals surface area contributed by atoms with Gasteiger partial charge >= 0.3 is 17.9 Å². The summed E-state index contributed by atoms with van der Waals surface area (Å²) in [5.74, 6) is -3.91. The molecule has 3 rings (SSSR count). The van der Waals surface area contributed by atoms with E-state index in [1.165, 1.54) is 19.4 Å². The van der Waals surface area contributed by atoms with Gasteiger partial charge in [0.1, 0.15) is 24.5 Å². The number of carbonyl (C=O) groups is 5. The summed E-state index contributed by atoms with van der Waals surface area (Å²) < 4.78 is 15.0. The molecule has 0 radical (unpaired) electrons.